The fourth-order valence-electron chi connectivity index (χ4n) is 2.62. The number of Topliss-reactive ketones (excluding diaryl/α,β-unsaturated/α-hetero) is 1. The summed E-state index contributed by atoms with van der Waals surface area (Å²) in [5.41, 5.74) is 1.48. The zero-order chi connectivity index (χ0) is 19.9. The van der Waals surface area contributed by atoms with Crippen LogP contribution in [0.4, 0.5) is 0 Å². The van der Waals surface area contributed by atoms with Crippen LogP contribution in [-0.2, 0) is 9.53 Å². The second-order valence-corrected chi connectivity index (χ2v) is 5.94. The molecule has 28 heavy (non-hydrogen) atoms. The Kier molecular flexibility index (Phi) is 5.83. The third-order valence-electron chi connectivity index (χ3n) is 4.10. The predicted octanol–water partition coefficient (Wildman–Crippen LogP) is 2.98. The molecule has 138 valence electrons. The Labute approximate surface area is 162 Å². The van der Waals surface area contributed by atoms with Crippen LogP contribution in [0, 0.1) is 11.8 Å². The van der Waals surface area contributed by atoms with Gasteiger partial charge >= 0.3 is 5.97 Å². The first kappa shape index (κ1) is 18.9. The van der Waals surface area contributed by atoms with Crippen molar-refractivity contribution in [3.8, 4) is 11.8 Å². The van der Waals surface area contributed by atoms with Gasteiger partial charge in [0.25, 0.3) is 11.7 Å². The fraction of sp³-hybridized carbons (Fsp3) is 0.0870. The standard InChI is InChI=1S/C23H17NO4/c1-28-23(27)21(25)18-10-8-16(9-11-18)5-4-14-24-22(26)20-13-12-17-6-2-3-7-19(17)15-20/h2-3,6-13,15H,14H2,1H3,(H,24,26). The average molecular weight is 371 g/mol. The SMILES string of the molecule is COC(=O)C(=O)c1ccc(C#CCNC(=O)c2ccc3ccccc3c2)cc1. The molecule has 0 radical (unpaired) electrons. The number of amides is 1. The number of fused-ring (bicyclic) bond motifs is 1. The number of carbonyl (C=O) groups excluding carboxylic acids is 3. The number of ether oxygens (including phenoxy) is 1. The summed E-state index contributed by atoms with van der Waals surface area (Å²) >= 11 is 0. The van der Waals surface area contributed by atoms with E-state index in [1.54, 1.807) is 18.2 Å². The smallest absolute Gasteiger partial charge is 0.379 e. The monoisotopic (exact) mass is 371 g/mol. The summed E-state index contributed by atoms with van der Waals surface area (Å²) in [6, 6.07) is 19.7. The van der Waals surface area contributed by atoms with Crippen LogP contribution >= 0.6 is 0 Å². The van der Waals surface area contributed by atoms with E-state index in [0.717, 1.165) is 17.9 Å². The average Bonchev–Trinajstić information content (AvgIpc) is 2.75. The van der Waals surface area contributed by atoms with E-state index in [0.29, 0.717) is 11.1 Å². The number of rotatable bonds is 4. The Morgan fingerprint density at radius 2 is 1.57 bits per heavy atom. The molecule has 0 aliphatic rings. The zero-order valence-electron chi connectivity index (χ0n) is 15.2. The molecule has 0 atom stereocenters. The second kappa shape index (κ2) is 8.65. The summed E-state index contributed by atoms with van der Waals surface area (Å²) in [5.74, 6) is 3.96. The van der Waals surface area contributed by atoms with Gasteiger partial charge in [0, 0.05) is 16.7 Å². The minimum atomic E-state index is -0.907. The number of hydrogen-bond acceptors (Lipinski definition) is 4. The van der Waals surface area contributed by atoms with Gasteiger partial charge in [0.15, 0.2) is 0 Å². The van der Waals surface area contributed by atoms with E-state index in [1.165, 1.54) is 12.1 Å². The van der Waals surface area contributed by atoms with Crippen LogP contribution in [0.1, 0.15) is 26.3 Å². The summed E-state index contributed by atoms with van der Waals surface area (Å²) < 4.78 is 4.40. The lowest BCUT2D eigenvalue weighted by molar-refractivity contribution is -0.135. The van der Waals surface area contributed by atoms with E-state index in [1.807, 2.05) is 36.4 Å². The lowest BCUT2D eigenvalue weighted by Gasteiger charge is -2.03. The lowest BCUT2D eigenvalue weighted by Crippen LogP contribution is -2.23. The summed E-state index contributed by atoms with van der Waals surface area (Å²) in [6.45, 7) is 0.189. The van der Waals surface area contributed by atoms with Crippen molar-refractivity contribution < 1.29 is 19.1 Å². The van der Waals surface area contributed by atoms with Gasteiger partial charge in [0.1, 0.15) is 0 Å². The number of nitrogens with one attached hydrogen (secondary N) is 1. The van der Waals surface area contributed by atoms with Gasteiger partial charge in [0.2, 0.25) is 0 Å². The minimum Gasteiger partial charge on any atom is -0.463 e. The van der Waals surface area contributed by atoms with Crippen molar-refractivity contribution in [3.63, 3.8) is 0 Å². The van der Waals surface area contributed by atoms with Crippen molar-refractivity contribution in [1.29, 1.82) is 0 Å². The predicted molar refractivity (Wildman–Crippen MR) is 106 cm³/mol. The topological polar surface area (TPSA) is 72.5 Å². The Morgan fingerprint density at radius 3 is 2.29 bits per heavy atom. The fourth-order valence-corrected chi connectivity index (χ4v) is 2.62. The van der Waals surface area contributed by atoms with E-state index in [4.69, 9.17) is 0 Å². The van der Waals surface area contributed by atoms with Crippen molar-refractivity contribution >= 4 is 28.4 Å². The van der Waals surface area contributed by atoms with Crippen molar-refractivity contribution in [2.45, 2.75) is 0 Å². The van der Waals surface area contributed by atoms with E-state index >= 15 is 0 Å². The van der Waals surface area contributed by atoms with E-state index < -0.39 is 11.8 Å². The molecule has 0 unspecified atom stereocenters. The summed E-state index contributed by atoms with van der Waals surface area (Å²) in [6.07, 6.45) is 0. The molecule has 0 saturated heterocycles. The second-order valence-electron chi connectivity index (χ2n) is 5.94. The molecule has 5 nitrogen and oxygen atoms in total. The molecule has 1 amide bonds. The number of hydrogen-bond donors (Lipinski definition) is 1. The molecular formula is C23H17NO4. The number of esters is 1. The molecule has 0 fully saturated rings. The number of carbonyl (C=O) groups is 3. The van der Waals surface area contributed by atoms with E-state index in [2.05, 4.69) is 21.9 Å². The van der Waals surface area contributed by atoms with Gasteiger partial charge in [-0.3, -0.25) is 9.59 Å². The molecule has 3 aromatic carbocycles. The van der Waals surface area contributed by atoms with Crippen LogP contribution in [-0.4, -0.2) is 31.3 Å². The number of ketones is 1. The minimum absolute atomic E-state index is 0.189. The molecule has 3 rings (SSSR count). The van der Waals surface area contributed by atoms with Crippen molar-refractivity contribution in [3.05, 3.63) is 83.4 Å². The Balaban J connectivity index is 1.59. The molecule has 0 aliphatic heterocycles. The summed E-state index contributed by atoms with van der Waals surface area (Å²) in [5, 5.41) is 4.84. The van der Waals surface area contributed by atoms with Gasteiger partial charge in [-0.05, 0) is 47.2 Å². The highest BCUT2D eigenvalue weighted by Crippen LogP contribution is 2.15. The van der Waals surface area contributed by atoms with Crippen LogP contribution in [0.25, 0.3) is 10.8 Å². The Bertz CT molecular complexity index is 1100. The molecule has 1 N–H and O–H groups in total. The van der Waals surface area contributed by atoms with Crippen LogP contribution in [0.3, 0.4) is 0 Å². The highest BCUT2D eigenvalue weighted by molar-refractivity contribution is 6.40. The first-order chi connectivity index (χ1) is 13.6. The van der Waals surface area contributed by atoms with E-state index in [-0.39, 0.29) is 18.0 Å². The molecule has 0 saturated carbocycles. The number of methoxy groups -OCH3 is 1. The van der Waals surface area contributed by atoms with Gasteiger partial charge in [-0.1, -0.05) is 42.2 Å². The molecule has 3 aromatic rings. The maximum atomic E-state index is 12.3. The van der Waals surface area contributed by atoms with E-state index in [9.17, 15) is 14.4 Å². The van der Waals surface area contributed by atoms with Crippen molar-refractivity contribution in [2.75, 3.05) is 13.7 Å². The molecule has 0 aromatic heterocycles. The van der Waals surface area contributed by atoms with Gasteiger partial charge in [-0.2, -0.15) is 0 Å². The molecule has 0 spiro atoms. The van der Waals surface area contributed by atoms with Crippen molar-refractivity contribution in [2.24, 2.45) is 0 Å². The normalized spacial score (nSPS) is 9.89. The lowest BCUT2D eigenvalue weighted by atomic mass is 10.1. The zero-order valence-corrected chi connectivity index (χ0v) is 15.2. The quantitative estimate of drug-likeness (QED) is 0.331. The highest BCUT2D eigenvalue weighted by Gasteiger charge is 2.15. The maximum absolute atomic E-state index is 12.3. The summed E-state index contributed by atoms with van der Waals surface area (Å²) in [4.78, 5) is 35.2. The molecule has 5 heteroatoms. The number of benzene rings is 3. The molecular weight excluding hydrogens is 354 g/mol. The molecule has 0 bridgehead atoms. The van der Waals surface area contributed by atoms with Crippen LogP contribution in [0.15, 0.2) is 66.7 Å². The highest BCUT2D eigenvalue weighted by atomic mass is 16.5. The van der Waals surface area contributed by atoms with Crippen LogP contribution < -0.4 is 5.32 Å². The summed E-state index contributed by atoms with van der Waals surface area (Å²) in [7, 11) is 1.16. The third kappa shape index (κ3) is 4.43. The van der Waals surface area contributed by atoms with Crippen LogP contribution in [0.2, 0.25) is 0 Å². The maximum Gasteiger partial charge on any atom is 0.379 e. The first-order valence-electron chi connectivity index (χ1n) is 8.57. The van der Waals surface area contributed by atoms with Gasteiger partial charge in [0.05, 0.1) is 13.7 Å². The van der Waals surface area contributed by atoms with Crippen LogP contribution in [0.5, 0.6) is 0 Å². The van der Waals surface area contributed by atoms with Gasteiger partial charge < -0.3 is 10.1 Å². The molecule has 0 heterocycles. The Morgan fingerprint density at radius 1 is 0.893 bits per heavy atom. The largest absolute Gasteiger partial charge is 0.463 e. The first-order valence-corrected chi connectivity index (χ1v) is 8.57. The third-order valence-corrected chi connectivity index (χ3v) is 4.10. The van der Waals surface area contributed by atoms with Gasteiger partial charge in [-0.15, -0.1) is 0 Å². The molecule has 0 aliphatic carbocycles. The van der Waals surface area contributed by atoms with Gasteiger partial charge in [-0.25, -0.2) is 4.79 Å². The Hall–Kier alpha value is -3.91. The van der Waals surface area contributed by atoms with Crippen molar-refractivity contribution in [1.82, 2.24) is 5.32 Å².